The molecule has 0 aliphatic carbocycles. The van der Waals surface area contributed by atoms with Gasteiger partial charge in [0.2, 0.25) is 0 Å². The van der Waals surface area contributed by atoms with Crippen molar-refractivity contribution in [3.63, 3.8) is 0 Å². The Labute approximate surface area is 114 Å². The molecule has 0 unspecified atom stereocenters. The minimum absolute atomic E-state index is 1.04. The SMILES string of the molecule is CCCCc1cn(C)nn1.CCCc1cn(C)nn1. The Hall–Kier alpha value is -1.72. The van der Waals surface area contributed by atoms with Crippen molar-refractivity contribution in [2.75, 3.05) is 0 Å². The van der Waals surface area contributed by atoms with Crippen molar-refractivity contribution in [2.24, 2.45) is 14.1 Å². The molecule has 6 nitrogen and oxygen atoms in total. The molecule has 0 atom stereocenters. The molecule has 2 rings (SSSR count). The first-order chi connectivity index (χ1) is 9.15. The average Bonchev–Trinajstić information content (AvgIpc) is 2.97. The van der Waals surface area contributed by atoms with E-state index >= 15 is 0 Å². The van der Waals surface area contributed by atoms with Gasteiger partial charge in [0.25, 0.3) is 0 Å². The van der Waals surface area contributed by atoms with Crippen molar-refractivity contribution in [1.29, 1.82) is 0 Å². The fourth-order valence-electron chi connectivity index (χ4n) is 1.63. The van der Waals surface area contributed by atoms with Crippen molar-refractivity contribution in [1.82, 2.24) is 30.0 Å². The van der Waals surface area contributed by atoms with Gasteiger partial charge in [-0.2, -0.15) is 0 Å². The highest BCUT2D eigenvalue weighted by molar-refractivity contribution is 4.91. The number of hydrogen-bond acceptors (Lipinski definition) is 4. The summed E-state index contributed by atoms with van der Waals surface area (Å²) in [7, 11) is 3.77. The third kappa shape index (κ3) is 6.13. The van der Waals surface area contributed by atoms with Gasteiger partial charge in [0, 0.05) is 26.5 Å². The Balaban J connectivity index is 0.000000191. The standard InChI is InChI=1S/C7H13N3.C6H11N3/c1-3-4-5-7-6-10(2)9-8-7;1-3-4-6-5-9(2)8-7-6/h6H,3-5H2,1-2H3;5H,3-4H2,1-2H3. The molecule has 0 aliphatic rings. The van der Waals surface area contributed by atoms with E-state index in [9.17, 15) is 0 Å². The van der Waals surface area contributed by atoms with Crippen LogP contribution in [-0.4, -0.2) is 30.0 Å². The summed E-state index contributed by atoms with van der Waals surface area (Å²) in [6.07, 6.45) is 9.57. The number of nitrogens with zero attached hydrogens (tertiary/aromatic N) is 6. The Kier molecular flexibility index (Phi) is 6.78. The van der Waals surface area contributed by atoms with Crippen LogP contribution < -0.4 is 0 Å². The van der Waals surface area contributed by atoms with Crippen molar-refractivity contribution in [3.8, 4) is 0 Å². The largest absolute Gasteiger partial charge is 0.255 e. The Bertz CT molecular complexity index is 459. The van der Waals surface area contributed by atoms with E-state index in [0.29, 0.717) is 0 Å². The van der Waals surface area contributed by atoms with Crippen LogP contribution in [0, 0.1) is 0 Å². The van der Waals surface area contributed by atoms with Crippen molar-refractivity contribution in [2.45, 2.75) is 46.0 Å². The second-order valence-corrected chi connectivity index (χ2v) is 4.62. The van der Waals surface area contributed by atoms with Crippen LogP contribution in [0.5, 0.6) is 0 Å². The number of aryl methyl sites for hydroxylation is 4. The zero-order valence-corrected chi connectivity index (χ0v) is 12.4. The number of rotatable bonds is 5. The molecule has 2 aromatic rings. The minimum atomic E-state index is 1.04. The fraction of sp³-hybridized carbons (Fsp3) is 0.692. The second kappa shape index (κ2) is 8.39. The van der Waals surface area contributed by atoms with Crippen LogP contribution in [0.2, 0.25) is 0 Å². The first kappa shape index (κ1) is 15.3. The molecule has 2 heterocycles. The molecule has 0 saturated heterocycles. The van der Waals surface area contributed by atoms with Gasteiger partial charge in [-0.25, -0.2) is 0 Å². The van der Waals surface area contributed by atoms with Crippen LogP contribution in [0.25, 0.3) is 0 Å². The van der Waals surface area contributed by atoms with E-state index in [-0.39, 0.29) is 0 Å². The van der Waals surface area contributed by atoms with Gasteiger partial charge in [0.1, 0.15) is 0 Å². The Morgan fingerprint density at radius 2 is 1.37 bits per heavy atom. The first-order valence-electron chi connectivity index (χ1n) is 6.86. The predicted molar refractivity (Wildman–Crippen MR) is 74.6 cm³/mol. The summed E-state index contributed by atoms with van der Waals surface area (Å²) in [6.45, 7) is 4.31. The van der Waals surface area contributed by atoms with Crippen LogP contribution in [0.15, 0.2) is 12.4 Å². The van der Waals surface area contributed by atoms with Gasteiger partial charge >= 0.3 is 0 Å². The molecule has 0 aliphatic heterocycles. The van der Waals surface area contributed by atoms with Gasteiger partial charge in [0.05, 0.1) is 11.4 Å². The minimum Gasteiger partial charge on any atom is -0.255 e. The average molecular weight is 264 g/mol. The summed E-state index contributed by atoms with van der Waals surface area (Å²) in [5.41, 5.74) is 2.18. The van der Waals surface area contributed by atoms with Crippen molar-refractivity contribution in [3.05, 3.63) is 23.8 Å². The molecule has 6 heteroatoms. The highest BCUT2D eigenvalue weighted by Crippen LogP contribution is 1.98. The zero-order chi connectivity index (χ0) is 14.1. The molecule has 0 spiro atoms. The molecule has 0 aromatic carbocycles. The lowest BCUT2D eigenvalue weighted by Gasteiger charge is -1.88. The van der Waals surface area contributed by atoms with Crippen LogP contribution in [0.3, 0.4) is 0 Å². The highest BCUT2D eigenvalue weighted by Gasteiger charge is 1.95. The first-order valence-corrected chi connectivity index (χ1v) is 6.86. The molecule has 0 radical (unpaired) electrons. The normalized spacial score (nSPS) is 10.1. The van der Waals surface area contributed by atoms with E-state index in [1.807, 2.05) is 26.5 Å². The quantitative estimate of drug-likeness (QED) is 0.828. The Morgan fingerprint density at radius 3 is 1.74 bits per heavy atom. The highest BCUT2D eigenvalue weighted by atomic mass is 15.4. The molecule has 106 valence electrons. The van der Waals surface area contributed by atoms with Gasteiger partial charge < -0.3 is 0 Å². The van der Waals surface area contributed by atoms with E-state index in [4.69, 9.17) is 0 Å². The predicted octanol–water partition coefficient (Wildman–Crippen LogP) is 1.93. The molecule has 0 saturated carbocycles. The van der Waals surface area contributed by atoms with Gasteiger partial charge in [-0.15, -0.1) is 10.2 Å². The van der Waals surface area contributed by atoms with Gasteiger partial charge in [-0.05, 0) is 19.3 Å². The van der Waals surface area contributed by atoms with E-state index < -0.39 is 0 Å². The molecule has 2 aromatic heterocycles. The summed E-state index contributed by atoms with van der Waals surface area (Å²) < 4.78 is 3.47. The molecule has 19 heavy (non-hydrogen) atoms. The van der Waals surface area contributed by atoms with E-state index in [2.05, 4.69) is 34.5 Å². The fourth-order valence-corrected chi connectivity index (χ4v) is 1.63. The van der Waals surface area contributed by atoms with Gasteiger partial charge in [-0.3, -0.25) is 9.36 Å². The molecule has 0 fully saturated rings. The lowest BCUT2D eigenvalue weighted by atomic mass is 10.2. The molecular weight excluding hydrogens is 240 g/mol. The molecular formula is C13H24N6. The number of hydrogen-bond donors (Lipinski definition) is 0. The molecule has 0 bridgehead atoms. The van der Waals surface area contributed by atoms with Gasteiger partial charge in [-0.1, -0.05) is 37.1 Å². The van der Waals surface area contributed by atoms with E-state index in [1.54, 1.807) is 9.36 Å². The monoisotopic (exact) mass is 264 g/mol. The van der Waals surface area contributed by atoms with Crippen LogP contribution in [0.1, 0.15) is 44.5 Å². The van der Waals surface area contributed by atoms with Gasteiger partial charge in [0.15, 0.2) is 0 Å². The van der Waals surface area contributed by atoms with E-state index in [0.717, 1.165) is 30.7 Å². The smallest absolute Gasteiger partial charge is 0.0827 e. The van der Waals surface area contributed by atoms with E-state index in [1.165, 1.54) is 12.8 Å². The maximum atomic E-state index is 3.97. The van der Waals surface area contributed by atoms with Crippen molar-refractivity contribution < 1.29 is 0 Å². The van der Waals surface area contributed by atoms with Crippen LogP contribution >= 0.6 is 0 Å². The Morgan fingerprint density at radius 1 is 0.842 bits per heavy atom. The lowest BCUT2D eigenvalue weighted by Crippen LogP contribution is -1.85. The molecule has 0 N–H and O–H groups in total. The zero-order valence-electron chi connectivity index (χ0n) is 12.4. The van der Waals surface area contributed by atoms with Crippen LogP contribution in [0.4, 0.5) is 0 Å². The maximum Gasteiger partial charge on any atom is 0.0827 e. The summed E-state index contributed by atoms with van der Waals surface area (Å²) in [4.78, 5) is 0. The lowest BCUT2D eigenvalue weighted by molar-refractivity contribution is 0.710. The second-order valence-electron chi connectivity index (χ2n) is 4.62. The molecule has 0 amide bonds. The summed E-state index contributed by atoms with van der Waals surface area (Å²) in [5.74, 6) is 0. The number of unbranched alkanes of at least 4 members (excludes halogenated alkanes) is 1. The summed E-state index contributed by atoms with van der Waals surface area (Å²) >= 11 is 0. The third-order valence-electron chi connectivity index (χ3n) is 2.59. The van der Waals surface area contributed by atoms with Crippen molar-refractivity contribution >= 4 is 0 Å². The maximum absolute atomic E-state index is 3.97. The summed E-state index contributed by atoms with van der Waals surface area (Å²) in [6, 6.07) is 0. The van der Waals surface area contributed by atoms with Crippen LogP contribution in [-0.2, 0) is 26.9 Å². The topological polar surface area (TPSA) is 61.4 Å². The number of aromatic nitrogens is 6. The summed E-state index contributed by atoms with van der Waals surface area (Å²) in [5, 5.41) is 15.5. The third-order valence-corrected chi connectivity index (χ3v) is 2.59.